The minimum atomic E-state index is -0.236. The van der Waals surface area contributed by atoms with Gasteiger partial charge < -0.3 is 4.74 Å². The Kier molecular flexibility index (Phi) is 6.67. The lowest BCUT2D eigenvalue weighted by Crippen LogP contribution is -2.10. The molecule has 1 unspecified atom stereocenters. The summed E-state index contributed by atoms with van der Waals surface area (Å²) in [6.45, 7) is 11.6. The minimum absolute atomic E-state index is 0.157. The maximum absolute atomic E-state index is 11.0. The highest BCUT2D eigenvalue weighted by molar-refractivity contribution is 5.84. The number of carbonyl (C=O) groups excluding carboxylic acids is 1. The molecular weight excluding hydrogens is 260 g/mol. The largest absolute Gasteiger partial charge is 0.465 e. The van der Waals surface area contributed by atoms with Gasteiger partial charge in [-0.2, -0.15) is 0 Å². The van der Waals surface area contributed by atoms with Crippen LogP contribution in [0.15, 0.2) is 54.6 Å². The van der Waals surface area contributed by atoms with Gasteiger partial charge in [0.15, 0.2) is 0 Å². The van der Waals surface area contributed by atoms with Gasteiger partial charge in [-0.05, 0) is 23.6 Å². The lowest BCUT2D eigenvalue weighted by molar-refractivity contribution is -0.141. The van der Waals surface area contributed by atoms with Crippen molar-refractivity contribution in [3.8, 4) is 0 Å². The van der Waals surface area contributed by atoms with Crippen molar-refractivity contribution in [2.45, 2.75) is 33.6 Å². The van der Waals surface area contributed by atoms with Gasteiger partial charge in [0.05, 0.1) is 0 Å². The van der Waals surface area contributed by atoms with Gasteiger partial charge in [0.2, 0.25) is 0 Å². The van der Waals surface area contributed by atoms with E-state index in [2.05, 4.69) is 31.7 Å². The molecule has 0 N–H and O–H groups in total. The fourth-order valence-electron chi connectivity index (χ4n) is 2.48. The molecule has 0 radical (unpaired) electrons. The number of hydrogen-bond donors (Lipinski definition) is 0. The van der Waals surface area contributed by atoms with Crippen LogP contribution >= 0.6 is 0 Å². The average molecular weight is 284 g/mol. The molecule has 0 bridgehead atoms. The molecule has 1 aromatic carbocycles. The van der Waals surface area contributed by atoms with E-state index in [-0.39, 0.29) is 11.9 Å². The van der Waals surface area contributed by atoms with Gasteiger partial charge in [-0.15, -0.1) is 0 Å². The summed E-state index contributed by atoms with van der Waals surface area (Å²) in [5, 5.41) is 0. The molecule has 0 aliphatic heterocycles. The second kappa shape index (κ2) is 8.25. The van der Waals surface area contributed by atoms with Crippen molar-refractivity contribution in [3.63, 3.8) is 0 Å². The first-order chi connectivity index (χ1) is 10.1. The van der Waals surface area contributed by atoms with Gasteiger partial charge in [0, 0.05) is 12.8 Å². The molecular formula is C19H24O2. The summed E-state index contributed by atoms with van der Waals surface area (Å²) in [4.78, 5) is 11.0. The van der Waals surface area contributed by atoms with E-state index in [9.17, 15) is 4.79 Å². The van der Waals surface area contributed by atoms with E-state index in [0.29, 0.717) is 6.61 Å². The van der Waals surface area contributed by atoms with E-state index in [4.69, 9.17) is 4.74 Å². The number of fused-ring (bicyclic) bond motifs is 1. The predicted molar refractivity (Wildman–Crippen MR) is 89.1 cm³/mol. The second-order valence-electron chi connectivity index (χ2n) is 4.63. The highest BCUT2D eigenvalue weighted by Crippen LogP contribution is 2.42. The Morgan fingerprint density at radius 3 is 2.62 bits per heavy atom. The lowest BCUT2D eigenvalue weighted by atomic mass is 9.98. The molecule has 2 nitrogen and oxygen atoms in total. The van der Waals surface area contributed by atoms with E-state index in [1.807, 2.05) is 32.1 Å². The molecule has 0 aromatic heterocycles. The van der Waals surface area contributed by atoms with E-state index in [1.165, 1.54) is 29.2 Å². The monoisotopic (exact) mass is 284 g/mol. The average Bonchev–Trinajstić information content (AvgIpc) is 2.77. The lowest BCUT2D eigenvalue weighted by Gasteiger charge is -2.13. The van der Waals surface area contributed by atoms with Crippen molar-refractivity contribution in [3.05, 3.63) is 65.8 Å². The standard InChI is InChI=1S/C17H18O2.C2H6/c1-4-5-8-14-12(2)17(11-19-13(3)18)16-10-7-6-9-15(14)16;1-2/h4-10,17H,1,11H2,2-3H3;1-2H3/b8-5-;. The molecule has 0 heterocycles. The molecule has 0 amide bonds. The molecule has 1 aliphatic carbocycles. The fraction of sp³-hybridized carbons (Fsp3) is 0.316. The van der Waals surface area contributed by atoms with Crippen molar-refractivity contribution >= 4 is 11.5 Å². The minimum Gasteiger partial charge on any atom is -0.465 e. The van der Waals surface area contributed by atoms with Crippen LogP contribution in [0.3, 0.4) is 0 Å². The molecule has 1 atom stereocenters. The van der Waals surface area contributed by atoms with Crippen LogP contribution in [0.2, 0.25) is 0 Å². The van der Waals surface area contributed by atoms with Crippen molar-refractivity contribution in [2.75, 3.05) is 6.61 Å². The Morgan fingerprint density at radius 2 is 2.00 bits per heavy atom. The zero-order valence-corrected chi connectivity index (χ0v) is 13.3. The topological polar surface area (TPSA) is 26.3 Å². The van der Waals surface area contributed by atoms with E-state index < -0.39 is 0 Å². The second-order valence-corrected chi connectivity index (χ2v) is 4.63. The summed E-state index contributed by atoms with van der Waals surface area (Å²) in [6, 6.07) is 8.26. The number of carbonyl (C=O) groups is 1. The Labute approximate surface area is 127 Å². The Bertz CT molecular complexity index is 565. The van der Waals surface area contributed by atoms with Gasteiger partial charge in [-0.1, -0.05) is 68.5 Å². The first-order valence-electron chi connectivity index (χ1n) is 7.37. The highest BCUT2D eigenvalue weighted by atomic mass is 16.5. The number of hydrogen-bond acceptors (Lipinski definition) is 2. The highest BCUT2D eigenvalue weighted by Gasteiger charge is 2.27. The molecule has 21 heavy (non-hydrogen) atoms. The molecule has 0 spiro atoms. The molecule has 0 fully saturated rings. The van der Waals surface area contributed by atoms with Crippen LogP contribution in [0.1, 0.15) is 44.7 Å². The summed E-state index contributed by atoms with van der Waals surface area (Å²) in [5.41, 5.74) is 4.88. The van der Waals surface area contributed by atoms with Crippen molar-refractivity contribution in [1.29, 1.82) is 0 Å². The number of rotatable bonds is 4. The van der Waals surface area contributed by atoms with Crippen LogP contribution in [-0.2, 0) is 9.53 Å². The molecule has 0 saturated carbocycles. The van der Waals surface area contributed by atoms with Crippen LogP contribution in [0.4, 0.5) is 0 Å². The zero-order chi connectivity index (χ0) is 15.8. The third kappa shape index (κ3) is 3.94. The van der Waals surface area contributed by atoms with Crippen LogP contribution in [-0.4, -0.2) is 12.6 Å². The van der Waals surface area contributed by atoms with E-state index in [0.717, 1.165) is 0 Å². The summed E-state index contributed by atoms with van der Waals surface area (Å²) in [7, 11) is 0. The normalized spacial score (nSPS) is 16.3. The van der Waals surface area contributed by atoms with Crippen LogP contribution < -0.4 is 0 Å². The van der Waals surface area contributed by atoms with Gasteiger partial charge in [0.25, 0.3) is 0 Å². The fourth-order valence-corrected chi connectivity index (χ4v) is 2.48. The third-order valence-electron chi connectivity index (χ3n) is 3.43. The summed E-state index contributed by atoms with van der Waals surface area (Å²) in [5.74, 6) is -0.0788. The molecule has 1 aliphatic rings. The van der Waals surface area contributed by atoms with E-state index >= 15 is 0 Å². The first kappa shape index (κ1) is 17.0. The van der Waals surface area contributed by atoms with Crippen LogP contribution in [0, 0.1) is 0 Å². The third-order valence-corrected chi connectivity index (χ3v) is 3.43. The molecule has 2 rings (SSSR count). The van der Waals surface area contributed by atoms with Gasteiger partial charge in [-0.25, -0.2) is 0 Å². The molecule has 2 heteroatoms. The van der Waals surface area contributed by atoms with Crippen molar-refractivity contribution in [1.82, 2.24) is 0 Å². The van der Waals surface area contributed by atoms with Gasteiger partial charge in [0.1, 0.15) is 6.61 Å². The van der Waals surface area contributed by atoms with Crippen LogP contribution in [0.5, 0.6) is 0 Å². The maximum atomic E-state index is 11.0. The smallest absolute Gasteiger partial charge is 0.302 e. The number of esters is 1. The Balaban J connectivity index is 0.00000106. The number of allylic oxidation sites excluding steroid dienone is 4. The van der Waals surface area contributed by atoms with Gasteiger partial charge in [-0.3, -0.25) is 4.79 Å². The summed E-state index contributed by atoms with van der Waals surface area (Å²) < 4.78 is 5.19. The van der Waals surface area contributed by atoms with E-state index in [1.54, 1.807) is 6.08 Å². The predicted octanol–water partition coefficient (Wildman–Crippen LogP) is 4.89. The number of benzene rings is 1. The van der Waals surface area contributed by atoms with Crippen molar-refractivity contribution < 1.29 is 9.53 Å². The molecule has 112 valence electrons. The Hall–Kier alpha value is -2.09. The van der Waals surface area contributed by atoms with Crippen molar-refractivity contribution in [2.24, 2.45) is 0 Å². The first-order valence-corrected chi connectivity index (χ1v) is 7.37. The summed E-state index contributed by atoms with van der Waals surface area (Å²) in [6.07, 6.45) is 5.76. The zero-order valence-electron chi connectivity index (χ0n) is 13.3. The SMILES string of the molecule is C=C/C=C\C1=C(C)C(COC(C)=O)c2ccccc21.CC. The molecule has 1 aromatic rings. The van der Waals surface area contributed by atoms with Gasteiger partial charge >= 0.3 is 5.97 Å². The maximum Gasteiger partial charge on any atom is 0.302 e. The molecule has 0 saturated heterocycles. The number of ether oxygens (including phenoxy) is 1. The quantitative estimate of drug-likeness (QED) is 0.581. The van der Waals surface area contributed by atoms with Crippen LogP contribution in [0.25, 0.3) is 5.57 Å². The summed E-state index contributed by atoms with van der Waals surface area (Å²) >= 11 is 0. The Morgan fingerprint density at radius 1 is 1.33 bits per heavy atom.